The lowest BCUT2D eigenvalue weighted by atomic mass is 10.1. The lowest BCUT2D eigenvalue weighted by Crippen LogP contribution is -2.35. The number of likely N-dealkylation sites (tertiary alicyclic amines) is 1. The first kappa shape index (κ1) is 12.1. The van der Waals surface area contributed by atoms with Gasteiger partial charge in [0.25, 0.3) is 5.91 Å². The van der Waals surface area contributed by atoms with Crippen LogP contribution in [0.15, 0.2) is 24.3 Å². The van der Waals surface area contributed by atoms with Crippen LogP contribution >= 0.6 is 0 Å². The maximum absolute atomic E-state index is 12.4. The summed E-state index contributed by atoms with van der Waals surface area (Å²) in [5, 5.41) is 0. The number of amides is 1. The Morgan fingerprint density at radius 3 is 3.06 bits per heavy atom. The van der Waals surface area contributed by atoms with E-state index in [2.05, 4.69) is 6.92 Å². The first-order valence-electron chi connectivity index (χ1n) is 6.36. The van der Waals surface area contributed by atoms with Crippen LogP contribution in [0.4, 0.5) is 0 Å². The highest BCUT2D eigenvalue weighted by Gasteiger charge is 2.27. The van der Waals surface area contributed by atoms with Gasteiger partial charge >= 0.3 is 0 Å². The molecule has 0 aromatic heterocycles. The molecule has 0 saturated carbocycles. The van der Waals surface area contributed by atoms with Crippen LogP contribution in [0, 0.1) is 0 Å². The molecule has 1 aliphatic rings. The zero-order chi connectivity index (χ0) is 12.3. The number of hydrogen-bond acceptors (Lipinski definition) is 2. The molecule has 1 saturated heterocycles. The van der Waals surface area contributed by atoms with Crippen LogP contribution in [0.3, 0.4) is 0 Å². The molecular weight excluding hydrogens is 212 g/mol. The molecule has 1 aromatic rings. The van der Waals surface area contributed by atoms with Crippen molar-refractivity contribution in [2.75, 3.05) is 6.54 Å². The lowest BCUT2D eigenvalue weighted by Gasteiger charge is -2.23. The summed E-state index contributed by atoms with van der Waals surface area (Å²) in [6.07, 6.45) is 3.31. The first-order chi connectivity index (χ1) is 8.26. The van der Waals surface area contributed by atoms with Crippen molar-refractivity contribution in [2.24, 2.45) is 5.73 Å². The predicted octanol–water partition coefficient (Wildman–Crippen LogP) is 2.16. The van der Waals surface area contributed by atoms with Crippen LogP contribution < -0.4 is 5.73 Å². The second-order valence-electron chi connectivity index (χ2n) is 4.61. The average molecular weight is 232 g/mol. The number of nitrogens with zero attached hydrogens (tertiary/aromatic N) is 1. The molecular formula is C14H20N2O. The van der Waals surface area contributed by atoms with Gasteiger partial charge in [-0.05, 0) is 37.0 Å². The van der Waals surface area contributed by atoms with E-state index >= 15 is 0 Å². The molecule has 3 heteroatoms. The molecule has 2 N–H and O–H groups in total. The Kier molecular flexibility index (Phi) is 3.79. The minimum Gasteiger partial charge on any atom is -0.336 e. The molecule has 1 aliphatic heterocycles. The quantitative estimate of drug-likeness (QED) is 0.868. The Bertz CT molecular complexity index is 403. The summed E-state index contributed by atoms with van der Waals surface area (Å²) in [5.41, 5.74) is 7.39. The molecule has 1 atom stereocenters. The number of hydrogen-bond donors (Lipinski definition) is 1. The number of rotatable bonds is 3. The van der Waals surface area contributed by atoms with E-state index in [0.717, 1.165) is 36.9 Å². The number of carbonyl (C=O) groups is 1. The van der Waals surface area contributed by atoms with Crippen LogP contribution in [-0.2, 0) is 6.54 Å². The topological polar surface area (TPSA) is 46.3 Å². The normalized spacial score (nSPS) is 19.6. The van der Waals surface area contributed by atoms with Crippen molar-refractivity contribution in [3.8, 4) is 0 Å². The Labute approximate surface area is 103 Å². The molecule has 92 valence electrons. The second kappa shape index (κ2) is 5.32. The maximum atomic E-state index is 12.4. The summed E-state index contributed by atoms with van der Waals surface area (Å²) in [6.45, 7) is 3.52. The zero-order valence-electron chi connectivity index (χ0n) is 10.4. The van der Waals surface area contributed by atoms with Gasteiger partial charge in [0.15, 0.2) is 0 Å². The van der Waals surface area contributed by atoms with Gasteiger partial charge < -0.3 is 10.6 Å². The summed E-state index contributed by atoms with van der Waals surface area (Å²) >= 11 is 0. The van der Waals surface area contributed by atoms with Gasteiger partial charge in [-0.15, -0.1) is 0 Å². The van der Waals surface area contributed by atoms with Crippen molar-refractivity contribution >= 4 is 5.91 Å². The van der Waals surface area contributed by atoms with Crippen LogP contribution in [-0.4, -0.2) is 23.4 Å². The third-order valence-corrected chi connectivity index (χ3v) is 3.52. The third kappa shape index (κ3) is 2.50. The molecule has 1 fully saturated rings. The second-order valence-corrected chi connectivity index (χ2v) is 4.61. The molecule has 0 bridgehead atoms. The summed E-state index contributed by atoms with van der Waals surface area (Å²) in [5.74, 6) is 0.157. The van der Waals surface area contributed by atoms with Gasteiger partial charge in [0, 0.05) is 24.7 Å². The fourth-order valence-corrected chi connectivity index (χ4v) is 2.52. The fraction of sp³-hybridized carbons (Fsp3) is 0.500. The summed E-state index contributed by atoms with van der Waals surface area (Å²) < 4.78 is 0. The molecule has 17 heavy (non-hydrogen) atoms. The first-order valence-corrected chi connectivity index (χ1v) is 6.36. The maximum Gasteiger partial charge on any atom is 0.254 e. The van der Waals surface area contributed by atoms with E-state index in [-0.39, 0.29) is 5.91 Å². The zero-order valence-corrected chi connectivity index (χ0v) is 10.4. The third-order valence-electron chi connectivity index (χ3n) is 3.52. The van der Waals surface area contributed by atoms with Crippen molar-refractivity contribution < 1.29 is 4.79 Å². The van der Waals surface area contributed by atoms with Crippen molar-refractivity contribution in [2.45, 2.75) is 38.8 Å². The molecule has 1 amide bonds. The highest BCUT2D eigenvalue weighted by molar-refractivity contribution is 5.94. The molecule has 1 heterocycles. The van der Waals surface area contributed by atoms with Gasteiger partial charge in [-0.1, -0.05) is 19.1 Å². The Balaban J connectivity index is 2.18. The van der Waals surface area contributed by atoms with E-state index in [9.17, 15) is 4.79 Å². The van der Waals surface area contributed by atoms with Gasteiger partial charge in [0.05, 0.1) is 0 Å². The van der Waals surface area contributed by atoms with E-state index in [1.54, 1.807) is 0 Å². The fourth-order valence-electron chi connectivity index (χ4n) is 2.52. The molecule has 1 unspecified atom stereocenters. The monoisotopic (exact) mass is 232 g/mol. The summed E-state index contributed by atoms with van der Waals surface area (Å²) in [4.78, 5) is 14.4. The smallest absolute Gasteiger partial charge is 0.254 e. The number of nitrogens with two attached hydrogens (primary N) is 1. The molecule has 0 spiro atoms. The van der Waals surface area contributed by atoms with Gasteiger partial charge in [0.1, 0.15) is 0 Å². The van der Waals surface area contributed by atoms with Crippen LogP contribution in [0.2, 0.25) is 0 Å². The molecule has 3 nitrogen and oxygen atoms in total. The Morgan fingerprint density at radius 1 is 1.53 bits per heavy atom. The van der Waals surface area contributed by atoms with Crippen molar-refractivity contribution in [3.05, 3.63) is 35.4 Å². The minimum atomic E-state index is 0.157. The van der Waals surface area contributed by atoms with Crippen LogP contribution in [0.1, 0.15) is 42.1 Å². The Morgan fingerprint density at radius 2 is 2.35 bits per heavy atom. The van der Waals surface area contributed by atoms with E-state index < -0.39 is 0 Å². The van der Waals surface area contributed by atoms with E-state index in [1.165, 1.54) is 0 Å². The minimum absolute atomic E-state index is 0.157. The van der Waals surface area contributed by atoms with Crippen molar-refractivity contribution in [1.82, 2.24) is 4.90 Å². The van der Waals surface area contributed by atoms with Crippen LogP contribution in [0.25, 0.3) is 0 Å². The van der Waals surface area contributed by atoms with Gasteiger partial charge in [0.2, 0.25) is 0 Å². The molecule has 0 aliphatic carbocycles. The van der Waals surface area contributed by atoms with Crippen molar-refractivity contribution in [1.29, 1.82) is 0 Å². The van der Waals surface area contributed by atoms with Gasteiger partial charge in [-0.3, -0.25) is 4.79 Å². The SMILES string of the molecule is CCC1CCCN1C(=O)c1cccc(CN)c1. The average Bonchev–Trinajstić information content (AvgIpc) is 2.86. The van der Waals surface area contributed by atoms with E-state index in [4.69, 9.17) is 5.73 Å². The van der Waals surface area contributed by atoms with Crippen molar-refractivity contribution in [3.63, 3.8) is 0 Å². The summed E-state index contributed by atoms with van der Waals surface area (Å²) in [6, 6.07) is 8.08. The largest absolute Gasteiger partial charge is 0.336 e. The standard InChI is InChI=1S/C14H20N2O/c1-2-13-7-4-8-16(13)14(17)12-6-3-5-11(9-12)10-15/h3,5-6,9,13H,2,4,7-8,10,15H2,1H3. The highest BCUT2D eigenvalue weighted by Crippen LogP contribution is 2.22. The molecule has 0 radical (unpaired) electrons. The van der Waals surface area contributed by atoms with E-state index in [1.807, 2.05) is 29.2 Å². The Hall–Kier alpha value is -1.35. The molecule has 2 rings (SSSR count). The van der Waals surface area contributed by atoms with Gasteiger partial charge in [-0.2, -0.15) is 0 Å². The molecule has 1 aromatic carbocycles. The van der Waals surface area contributed by atoms with Crippen LogP contribution in [0.5, 0.6) is 0 Å². The number of carbonyl (C=O) groups excluding carboxylic acids is 1. The predicted molar refractivity (Wildman–Crippen MR) is 68.7 cm³/mol. The summed E-state index contributed by atoms with van der Waals surface area (Å²) in [7, 11) is 0. The number of benzene rings is 1. The van der Waals surface area contributed by atoms with Gasteiger partial charge in [-0.25, -0.2) is 0 Å². The lowest BCUT2D eigenvalue weighted by molar-refractivity contribution is 0.0733. The highest BCUT2D eigenvalue weighted by atomic mass is 16.2. The van der Waals surface area contributed by atoms with E-state index in [0.29, 0.717) is 12.6 Å².